The lowest BCUT2D eigenvalue weighted by Crippen LogP contribution is -2.38. The molecule has 142 valence electrons. The van der Waals surface area contributed by atoms with Crippen molar-refractivity contribution in [3.8, 4) is 0 Å². The Hall–Kier alpha value is -2.89. The van der Waals surface area contributed by atoms with Crippen LogP contribution in [0.2, 0.25) is 0 Å². The van der Waals surface area contributed by atoms with Gasteiger partial charge in [0, 0.05) is 37.9 Å². The Morgan fingerprint density at radius 1 is 1.26 bits per heavy atom. The van der Waals surface area contributed by atoms with Gasteiger partial charge in [-0.15, -0.1) is 0 Å². The van der Waals surface area contributed by atoms with Gasteiger partial charge in [-0.05, 0) is 49.2 Å². The van der Waals surface area contributed by atoms with Crippen LogP contribution >= 0.6 is 0 Å². The normalized spacial score (nSPS) is 14.9. The largest absolute Gasteiger partial charge is 0.374 e. The summed E-state index contributed by atoms with van der Waals surface area (Å²) < 4.78 is 13.3. The maximum absolute atomic E-state index is 13.3. The predicted octanol–water partition coefficient (Wildman–Crippen LogP) is 3.41. The van der Waals surface area contributed by atoms with E-state index in [9.17, 15) is 14.0 Å². The van der Waals surface area contributed by atoms with Crippen LogP contribution in [0.5, 0.6) is 0 Å². The van der Waals surface area contributed by atoms with Gasteiger partial charge in [0.25, 0.3) is 0 Å². The smallest absolute Gasteiger partial charge is 0.244 e. The average Bonchev–Trinajstić information content (AvgIpc) is 3.07. The van der Waals surface area contributed by atoms with Crippen molar-refractivity contribution in [1.82, 2.24) is 4.90 Å². The van der Waals surface area contributed by atoms with Crippen molar-refractivity contribution in [3.63, 3.8) is 0 Å². The number of carbonyl (C=O) groups excluding carboxylic acids is 2. The van der Waals surface area contributed by atoms with Crippen LogP contribution in [0.4, 0.5) is 15.8 Å². The number of carbonyl (C=O) groups is 2. The third-order valence-corrected chi connectivity index (χ3v) is 4.67. The van der Waals surface area contributed by atoms with Gasteiger partial charge in [0.15, 0.2) is 0 Å². The Bertz CT molecular complexity index is 840. The van der Waals surface area contributed by atoms with Gasteiger partial charge < -0.3 is 15.1 Å². The molecule has 0 bridgehead atoms. The molecule has 0 aromatic heterocycles. The van der Waals surface area contributed by atoms with Gasteiger partial charge >= 0.3 is 0 Å². The lowest BCUT2D eigenvalue weighted by Gasteiger charge is -2.23. The number of amides is 2. The first kappa shape index (κ1) is 18.9. The summed E-state index contributed by atoms with van der Waals surface area (Å²) in [5.41, 5.74) is 2.37. The fourth-order valence-corrected chi connectivity index (χ4v) is 3.31. The second-order valence-corrected chi connectivity index (χ2v) is 6.89. The fraction of sp³-hybridized carbons (Fsp3) is 0.333. The Balaban J connectivity index is 1.63. The minimum Gasteiger partial charge on any atom is -0.374 e. The average molecular weight is 369 g/mol. The number of nitrogens with zero attached hydrogens (tertiary/aromatic N) is 2. The lowest BCUT2D eigenvalue weighted by molar-refractivity contribution is -0.130. The van der Waals surface area contributed by atoms with Gasteiger partial charge in [0.2, 0.25) is 11.8 Å². The van der Waals surface area contributed by atoms with Crippen molar-refractivity contribution in [2.75, 3.05) is 23.8 Å². The molecular formula is C21H24FN3O2. The van der Waals surface area contributed by atoms with Crippen LogP contribution in [0.25, 0.3) is 0 Å². The van der Waals surface area contributed by atoms with E-state index in [4.69, 9.17) is 0 Å². The summed E-state index contributed by atoms with van der Waals surface area (Å²) in [5, 5.41) is 3.20. The highest BCUT2D eigenvalue weighted by atomic mass is 19.1. The molecule has 1 saturated heterocycles. The summed E-state index contributed by atoms with van der Waals surface area (Å²) in [6, 6.07) is 13.3. The summed E-state index contributed by atoms with van der Waals surface area (Å²) in [6.07, 6.45) is 1.45. The molecular weight excluding hydrogens is 345 g/mol. The number of anilines is 2. The van der Waals surface area contributed by atoms with E-state index in [1.54, 1.807) is 35.9 Å². The maximum Gasteiger partial charge on any atom is 0.244 e. The van der Waals surface area contributed by atoms with Crippen LogP contribution in [0.1, 0.15) is 25.3 Å². The van der Waals surface area contributed by atoms with Crippen molar-refractivity contribution in [3.05, 3.63) is 59.9 Å². The zero-order chi connectivity index (χ0) is 19.4. The summed E-state index contributed by atoms with van der Waals surface area (Å²) in [5.74, 6) is -0.277. The van der Waals surface area contributed by atoms with E-state index >= 15 is 0 Å². The van der Waals surface area contributed by atoms with E-state index in [2.05, 4.69) is 5.32 Å². The number of benzene rings is 2. The molecule has 1 heterocycles. The minimum absolute atomic E-state index is 0.0955. The molecule has 1 atom stereocenters. The van der Waals surface area contributed by atoms with Gasteiger partial charge in [-0.3, -0.25) is 9.59 Å². The van der Waals surface area contributed by atoms with E-state index in [0.29, 0.717) is 13.0 Å². The monoisotopic (exact) mass is 369 g/mol. The molecule has 1 aliphatic rings. The molecule has 27 heavy (non-hydrogen) atoms. The van der Waals surface area contributed by atoms with Gasteiger partial charge in [-0.25, -0.2) is 4.39 Å². The molecule has 1 N–H and O–H groups in total. The summed E-state index contributed by atoms with van der Waals surface area (Å²) in [4.78, 5) is 27.9. The molecule has 2 aromatic carbocycles. The lowest BCUT2D eigenvalue weighted by atomic mass is 10.2. The first-order chi connectivity index (χ1) is 12.9. The van der Waals surface area contributed by atoms with Crippen molar-refractivity contribution in [2.45, 2.75) is 32.4 Å². The molecule has 1 unspecified atom stereocenters. The quantitative estimate of drug-likeness (QED) is 0.849. The Labute approximate surface area is 158 Å². The number of halogens is 1. The van der Waals surface area contributed by atoms with Gasteiger partial charge in [0.1, 0.15) is 11.9 Å². The van der Waals surface area contributed by atoms with Crippen LogP contribution in [0.3, 0.4) is 0 Å². The fourth-order valence-electron chi connectivity index (χ4n) is 3.31. The number of rotatable bonds is 6. The number of hydrogen-bond acceptors (Lipinski definition) is 3. The first-order valence-corrected chi connectivity index (χ1v) is 9.10. The van der Waals surface area contributed by atoms with Crippen molar-refractivity contribution in [2.24, 2.45) is 0 Å². The third kappa shape index (κ3) is 4.64. The molecule has 2 aromatic rings. The van der Waals surface area contributed by atoms with Crippen LogP contribution in [0.15, 0.2) is 48.5 Å². The summed E-state index contributed by atoms with van der Waals surface area (Å²) in [6.45, 7) is 2.86. The molecule has 1 aliphatic heterocycles. The molecule has 2 amide bonds. The molecule has 0 radical (unpaired) electrons. The number of nitrogens with one attached hydrogen (secondary N) is 1. The molecule has 0 saturated carbocycles. The van der Waals surface area contributed by atoms with Crippen molar-refractivity contribution in [1.29, 1.82) is 0 Å². The van der Waals surface area contributed by atoms with Gasteiger partial charge in [-0.1, -0.05) is 18.2 Å². The highest BCUT2D eigenvalue weighted by molar-refractivity contribution is 5.95. The second kappa shape index (κ2) is 8.20. The minimum atomic E-state index is -0.451. The number of likely N-dealkylation sites (N-methyl/N-ethyl adjacent to an activating group) is 1. The second-order valence-electron chi connectivity index (χ2n) is 6.89. The van der Waals surface area contributed by atoms with Crippen LogP contribution < -0.4 is 10.2 Å². The summed E-state index contributed by atoms with van der Waals surface area (Å²) >= 11 is 0. The molecule has 6 heteroatoms. The van der Waals surface area contributed by atoms with Gasteiger partial charge in [0.05, 0.1) is 0 Å². The standard InChI is InChI=1S/C21H24FN3O2/c1-15(21(27)24(2)14-16-6-3-7-17(22)12-16)23-18-8-4-9-19(13-18)25-11-5-10-20(25)26/h3-4,6-9,12-13,15,23H,5,10-11,14H2,1-2H3. The molecule has 3 rings (SSSR count). The highest BCUT2D eigenvalue weighted by Crippen LogP contribution is 2.24. The van der Waals surface area contributed by atoms with E-state index in [1.807, 2.05) is 24.3 Å². The third-order valence-electron chi connectivity index (χ3n) is 4.67. The van der Waals surface area contributed by atoms with Crippen LogP contribution in [0, 0.1) is 5.82 Å². The Morgan fingerprint density at radius 3 is 2.74 bits per heavy atom. The molecule has 1 fully saturated rings. The number of hydrogen-bond donors (Lipinski definition) is 1. The van der Waals surface area contributed by atoms with Gasteiger partial charge in [-0.2, -0.15) is 0 Å². The topological polar surface area (TPSA) is 52.7 Å². The Kier molecular flexibility index (Phi) is 5.74. The predicted molar refractivity (Wildman–Crippen MR) is 104 cm³/mol. The molecule has 0 spiro atoms. The van der Waals surface area contributed by atoms with E-state index in [1.165, 1.54) is 12.1 Å². The Morgan fingerprint density at radius 2 is 2.04 bits per heavy atom. The van der Waals surface area contributed by atoms with E-state index in [0.717, 1.165) is 29.9 Å². The van der Waals surface area contributed by atoms with E-state index in [-0.39, 0.29) is 17.6 Å². The van der Waals surface area contributed by atoms with Crippen LogP contribution in [-0.2, 0) is 16.1 Å². The SMILES string of the molecule is CC(Nc1cccc(N2CCCC2=O)c1)C(=O)N(C)Cc1cccc(F)c1. The van der Waals surface area contributed by atoms with Crippen LogP contribution in [-0.4, -0.2) is 36.3 Å². The van der Waals surface area contributed by atoms with E-state index < -0.39 is 6.04 Å². The highest BCUT2D eigenvalue weighted by Gasteiger charge is 2.22. The summed E-state index contributed by atoms with van der Waals surface area (Å²) in [7, 11) is 1.70. The first-order valence-electron chi connectivity index (χ1n) is 9.10. The van der Waals surface area contributed by atoms with Crippen molar-refractivity contribution >= 4 is 23.2 Å². The zero-order valence-electron chi connectivity index (χ0n) is 15.6. The molecule has 0 aliphatic carbocycles. The molecule has 5 nitrogen and oxygen atoms in total. The van der Waals surface area contributed by atoms with Crippen molar-refractivity contribution < 1.29 is 14.0 Å². The zero-order valence-corrected chi connectivity index (χ0v) is 15.6. The maximum atomic E-state index is 13.3.